The van der Waals surface area contributed by atoms with Crippen LogP contribution in [0.1, 0.15) is 24.0 Å². The quantitative estimate of drug-likeness (QED) is 0.759. The Morgan fingerprint density at radius 2 is 1.86 bits per heavy atom. The van der Waals surface area contributed by atoms with Gasteiger partial charge in [0.25, 0.3) is 0 Å². The Morgan fingerprint density at radius 1 is 1.07 bits per heavy atom. The van der Waals surface area contributed by atoms with Gasteiger partial charge in [0.15, 0.2) is 11.6 Å². The molecule has 2 aliphatic rings. The van der Waals surface area contributed by atoms with Gasteiger partial charge in [0, 0.05) is 19.5 Å². The summed E-state index contributed by atoms with van der Waals surface area (Å²) in [5, 5.41) is 3.01. The Balaban J connectivity index is 1.41. The van der Waals surface area contributed by atoms with Crippen molar-refractivity contribution in [2.24, 2.45) is 0 Å². The van der Waals surface area contributed by atoms with Gasteiger partial charge < -0.3 is 15.0 Å². The first-order valence-electron chi connectivity index (χ1n) is 9.82. The monoisotopic (exact) mass is 374 g/mol. The zero-order valence-electron chi connectivity index (χ0n) is 15.6. The second-order valence-electron chi connectivity index (χ2n) is 7.34. The Labute approximate surface area is 163 Å². The third-order valence-electron chi connectivity index (χ3n) is 5.33. The van der Waals surface area contributed by atoms with E-state index in [-0.39, 0.29) is 5.91 Å². The highest BCUT2D eigenvalue weighted by atomic mass is 16.5. The molecule has 142 valence electrons. The summed E-state index contributed by atoms with van der Waals surface area (Å²) in [4.78, 5) is 24.5. The lowest BCUT2D eigenvalue weighted by molar-refractivity contribution is -0.115. The molecule has 6 heteroatoms. The van der Waals surface area contributed by atoms with Crippen molar-refractivity contribution < 1.29 is 9.53 Å². The number of anilines is 2. The molecule has 1 amide bonds. The molecule has 5 rings (SSSR count). The average molecular weight is 374 g/mol. The predicted octanol–water partition coefficient (Wildman–Crippen LogP) is 3.35. The summed E-state index contributed by atoms with van der Waals surface area (Å²) >= 11 is 0. The van der Waals surface area contributed by atoms with Gasteiger partial charge in [-0.25, -0.2) is 9.97 Å². The van der Waals surface area contributed by atoms with Crippen LogP contribution in [-0.2, 0) is 17.6 Å². The molecule has 6 nitrogen and oxygen atoms in total. The van der Waals surface area contributed by atoms with Crippen molar-refractivity contribution in [3.8, 4) is 5.75 Å². The SMILES string of the molecule is O=C(Cc1ccc2c(c1)CCO2)Nc1nc2ccccc2nc1N1CCCC1. The number of hydrogen-bond donors (Lipinski definition) is 1. The van der Waals surface area contributed by atoms with E-state index in [4.69, 9.17) is 14.7 Å². The van der Waals surface area contributed by atoms with Crippen LogP contribution >= 0.6 is 0 Å². The number of ether oxygens (including phenoxy) is 1. The molecule has 2 aromatic carbocycles. The first-order valence-corrected chi connectivity index (χ1v) is 9.82. The van der Waals surface area contributed by atoms with E-state index >= 15 is 0 Å². The lowest BCUT2D eigenvalue weighted by atomic mass is 10.1. The smallest absolute Gasteiger partial charge is 0.230 e. The fraction of sp³-hybridized carbons (Fsp3) is 0.318. The highest BCUT2D eigenvalue weighted by Crippen LogP contribution is 2.29. The zero-order chi connectivity index (χ0) is 18.9. The molecular formula is C22H22N4O2. The maximum atomic E-state index is 12.8. The minimum atomic E-state index is -0.0797. The molecule has 0 atom stereocenters. The molecule has 28 heavy (non-hydrogen) atoms. The maximum absolute atomic E-state index is 12.8. The van der Waals surface area contributed by atoms with Crippen LogP contribution in [-0.4, -0.2) is 35.6 Å². The summed E-state index contributed by atoms with van der Waals surface area (Å²) in [6.45, 7) is 2.61. The average Bonchev–Trinajstić information content (AvgIpc) is 3.39. The van der Waals surface area contributed by atoms with Gasteiger partial charge >= 0.3 is 0 Å². The molecule has 0 spiro atoms. The van der Waals surface area contributed by atoms with E-state index in [2.05, 4.69) is 16.3 Å². The molecule has 1 N–H and O–H groups in total. The summed E-state index contributed by atoms with van der Waals surface area (Å²) < 4.78 is 5.54. The lowest BCUT2D eigenvalue weighted by Gasteiger charge is -2.20. The minimum Gasteiger partial charge on any atom is -0.493 e. The third kappa shape index (κ3) is 3.26. The van der Waals surface area contributed by atoms with Crippen molar-refractivity contribution in [3.63, 3.8) is 0 Å². The Bertz CT molecular complexity index is 1040. The molecule has 2 aliphatic heterocycles. The van der Waals surface area contributed by atoms with Gasteiger partial charge in [0.1, 0.15) is 5.75 Å². The number of nitrogens with one attached hydrogen (secondary N) is 1. The van der Waals surface area contributed by atoms with E-state index in [1.165, 1.54) is 5.56 Å². The Morgan fingerprint density at radius 3 is 2.68 bits per heavy atom. The van der Waals surface area contributed by atoms with E-state index in [1.54, 1.807) is 0 Å². The molecule has 0 radical (unpaired) electrons. The third-order valence-corrected chi connectivity index (χ3v) is 5.33. The minimum absolute atomic E-state index is 0.0797. The number of para-hydroxylation sites is 2. The van der Waals surface area contributed by atoms with Crippen molar-refractivity contribution >= 4 is 28.6 Å². The number of nitrogens with zero attached hydrogens (tertiary/aromatic N) is 3. The molecule has 0 aliphatic carbocycles. The Kier molecular flexibility index (Phi) is 4.31. The molecule has 1 aromatic heterocycles. The van der Waals surface area contributed by atoms with Crippen LogP contribution in [0.3, 0.4) is 0 Å². The van der Waals surface area contributed by atoms with E-state index < -0.39 is 0 Å². The number of carbonyl (C=O) groups excluding carboxylic acids is 1. The van der Waals surface area contributed by atoms with Crippen molar-refractivity contribution in [2.45, 2.75) is 25.7 Å². The van der Waals surface area contributed by atoms with Crippen LogP contribution in [0.25, 0.3) is 11.0 Å². The van der Waals surface area contributed by atoms with Crippen molar-refractivity contribution in [1.82, 2.24) is 9.97 Å². The highest BCUT2D eigenvalue weighted by molar-refractivity contribution is 5.95. The number of rotatable bonds is 4. The van der Waals surface area contributed by atoms with Crippen molar-refractivity contribution in [1.29, 1.82) is 0 Å². The van der Waals surface area contributed by atoms with Gasteiger partial charge in [-0.2, -0.15) is 0 Å². The second-order valence-corrected chi connectivity index (χ2v) is 7.34. The standard InChI is InChI=1S/C22H22N4O2/c27-20(14-15-7-8-19-16(13-15)9-12-28-19)25-21-22(26-10-3-4-11-26)24-18-6-2-1-5-17(18)23-21/h1-2,5-8,13H,3-4,9-12,14H2,(H,23,25,27). The van der Waals surface area contributed by atoms with Gasteiger partial charge in [-0.1, -0.05) is 24.3 Å². The van der Waals surface area contributed by atoms with Crippen LogP contribution < -0.4 is 15.0 Å². The molecule has 3 aromatic rings. The van der Waals surface area contributed by atoms with Crippen LogP contribution in [0.5, 0.6) is 5.75 Å². The van der Waals surface area contributed by atoms with Gasteiger partial charge in [0.05, 0.1) is 24.1 Å². The number of benzene rings is 2. The molecule has 0 saturated carbocycles. The van der Waals surface area contributed by atoms with Crippen molar-refractivity contribution in [2.75, 3.05) is 29.9 Å². The van der Waals surface area contributed by atoms with Crippen molar-refractivity contribution in [3.05, 3.63) is 53.6 Å². The zero-order valence-corrected chi connectivity index (χ0v) is 15.6. The maximum Gasteiger partial charge on any atom is 0.230 e. The molecular weight excluding hydrogens is 352 g/mol. The van der Waals surface area contributed by atoms with E-state index in [0.717, 1.165) is 67.1 Å². The summed E-state index contributed by atoms with van der Waals surface area (Å²) in [5.41, 5.74) is 3.79. The van der Waals surface area contributed by atoms with Crippen LogP contribution in [0, 0.1) is 0 Å². The first-order chi connectivity index (χ1) is 13.8. The van der Waals surface area contributed by atoms with E-state index in [9.17, 15) is 4.79 Å². The van der Waals surface area contributed by atoms with Gasteiger partial charge in [-0.3, -0.25) is 4.79 Å². The number of amides is 1. The lowest BCUT2D eigenvalue weighted by Crippen LogP contribution is -2.24. The Hall–Kier alpha value is -3.15. The normalized spacial score (nSPS) is 15.5. The van der Waals surface area contributed by atoms with Crippen LogP contribution in [0.2, 0.25) is 0 Å². The van der Waals surface area contributed by atoms with E-state index in [0.29, 0.717) is 12.2 Å². The number of carbonyl (C=O) groups is 1. The van der Waals surface area contributed by atoms with Gasteiger partial charge in [-0.15, -0.1) is 0 Å². The second kappa shape index (κ2) is 7.11. The van der Waals surface area contributed by atoms with Gasteiger partial charge in [-0.05, 0) is 42.2 Å². The number of fused-ring (bicyclic) bond motifs is 2. The van der Waals surface area contributed by atoms with Gasteiger partial charge in [0.2, 0.25) is 5.91 Å². The fourth-order valence-electron chi connectivity index (χ4n) is 3.94. The molecule has 1 saturated heterocycles. The summed E-state index contributed by atoms with van der Waals surface area (Å²) in [6.07, 6.45) is 3.49. The molecule has 0 bridgehead atoms. The highest BCUT2D eigenvalue weighted by Gasteiger charge is 2.21. The fourth-order valence-corrected chi connectivity index (χ4v) is 3.94. The predicted molar refractivity (Wildman–Crippen MR) is 109 cm³/mol. The summed E-state index contributed by atoms with van der Waals surface area (Å²) in [6, 6.07) is 13.8. The first kappa shape index (κ1) is 17.0. The summed E-state index contributed by atoms with van der Waals surface area (Å²) in [7, 11) is 0. The number of hydrogen-bond acceptors (Lipinski definition) is 5. The molecule has 0 unspecified atom stereocenters. The largest absolute Gasteiger partial charge is 0.493 e. The van der Waals surface area contributed by atoms with E-state index in [1.807, 2.05) is 36.4 Å². The number of aromatic nitrogens is 2. The topological polar surface area (TPSA) is 67.3 Å². The van der Waals surface area contributed by atoms with Crippen LogP contribution in [0.15, 0.2) is 42.5 Å². The molecule has 3 heterocycles. The van der Waals surface area contributed by atoms with Crippen LogP contribution in [0.4, 0.5) is 11.6 Å². The molecule has 1 fully saturated rings. The summed E-state index contributed by atoms with van der Waals surface area (Å²) in [5.74, 6) is 2.17.